The summed E-state index contributed by atoms with van der Waals surface area (Å²) in [5.74, 6) is 0. The van der Waals surface area contributed by atoms with E-state index in [-0.39, 0.29) is 12.6 Å². The molecule has 1 unspecified atom stereocenters. The third-order valence-corrected chi connectivity index (χ3v) is 2.82. The minimum absolute atomic E-state index is 0.0634. The SMILES string of the molecule is CNC(C)c1ccc(N(C)CCC(F)(F)F)cn1. The van der Waals surface area contributed by atoms with E-state index < -0.39 is 12.6 Å². The van der Waals surface area contributed by atoms with Gasteiger partial charge in [0.1, 0.15) is 0 Å². The highest BCUT2D eigenvalue weighted by Crippen LogP contribution is 2.21. The molecule has 1 aromatic heterocycles. The predicted molar refractivity (Wildman–Crippen MR) is 65.7 cm³/mol. The predicted octanol–water partition coefficient (Wildman–Crippen LogP) is 2.75. The fourth-order valence-corrected chi connectivity index (χ4v) is 1.45. The van der Waals surface area contributed by atoms with E-state index >= 15 is 0 Å². The molecule has 0 fully saturated rings. The quantitative estimate of drug-likeness (QED) is 0.883. The lowest BCUT2D eigenvalue weighted by atomic mass is 10.2. The van der Waals surface area contributed by atoms with Gasteiger partial charge in [-0.25, -0.2) is 0 Å². The first-order valence-corrected chi connectivity index (χ1v) is 5.74. The van der Waals surface area contributed by atoms with Crippen molar-refractivity contribution in [3.05, 3.63) is 24.0 Å². The molecule has 1 heterocycles. The highest BCUT2D eigenvalue weighted by molar-refractivity contribution is 5.43. The molecule has 18 heavy (non-hydrogen) atoms. The molecule has 0 amide bonds. The van der Waals surface area contributed by atoms with Crippen LogP contribution in [0, 0.1) is 0 Å². The lowest BCUT2D eigenvalue weighted by Crippen LogP contribution is -2.24. The standard InChI is InChI=1S/C12H18F3N3/c1-9(16-2)11-5-4-10(8-17-11)18(3)7-6-12(13,14)15/h4-5,8-9,16H,6-7H2,1-3H3. The number of hydrogen-bond acceptors (Lipinski definition) is 3. The molecule has 0 spiro atoms. The summed E-state index contributed by atoms with van der Waals surface area (Å²) in [6.07, 6.45) is -3.35. The summed E-state index contributed by atoms with van der Waals surface area (Å²) < 4.78 is 36.3. The highest BCUT2D eigenvalue weighted by atomic mass is 19.4. The number of nitrogens with one attached hydrogen (secondary N) is 1. The summed E-state index contributed by atoms with van der Waals surface area (Å²) in [5.41, 5.74) is 1.55. The Morgan fingerprint density at radius 3 is 2.50 bits per heavy atom. The zero-order valence-electron chi connectivity index (χ0n) is 10.8. The molecule has 0 saturated carbocycles. The van der Waals surface area contributed by atoms with E-state index in [1.165, 1.54) is 0 Å². The Balaban J connectivity index is 2.62. The summed E-state index contributed by atoms with van der Waals surface area (Å²) >= 11 is 0. The number of anilines is 1. The Bertz CT molecular complexity index is 362. The molecule has 0 aromatic carbocycles. The summed E-state index contributed by atoms with van der Waals surface area (Å²) in [6, 6.07) is 3.73. The van der Waals surface area contributed by atoms with Crippen molar-refractivity contribution >= 4 is 5.69 Å². The number of alkyl halides is 3. The number of halogens is 3. The van der Waals surface area contributed by atoms with Crippen LogP contribution in [-0.4, -0.2) is 31.8 Å². The van der Waals surface area contributed by atoms with E-state index in [1.807, 2.05) is 20.0 Å². The normalized spacial score (nSPS) is 13.4. The number of rotatable bonds is 5. The molecule has 0 bridgehead atoms. The van der Waals surface area contributed by atoms with Gasteiger partial charge >= 0.3 is 6.18 Å². The summed E-state index contributed by atoms with van der Waals surface area (Å²) in [5, 5.41) is 3.05. The van der Waals surface area contributed by atoms with Crippen molar-refractivity contribution in [2.75, 3.05) is 25.5 Å². The topological polar surface area (TPSA) is 28.2 Å². The molecule has 1 aromatic rings. The van der Waals surface area contributed by atoms with E-state index in [2.05, 4.69) is 10.3 Å². The maximum Gasteiger partial charge on any atom is 0.390 e. The van der Waals surface area contributed by atoms with Gasteiger partial charge in [-0.1, -0.05) is 0 Å². The molecular weight excluding hydrogens is 243 g/mol. The first-order valence-electron chi connectivity index (χ1n) is 5.74. The van der Waals surface area contributed by atoms with Gasteiger partial charge in [-0.2, -0.15) is 13.2 Å². The lowest BCUT2D eigenvalue weighted by Gasteiger charge is -2.20. The summed E-state index contributed by atoms with van der Waals surface area (Å²) in [4.78, 5) is 5.78. The van der Waals surface area contributed by atoms with Gasteiger partial charge in [-0.05, 0) is 26.1 Å². The fourth-order valence-electron chi connectivity index (χ4n) is 1.45. The van der Waals surface area contributed by atoms with Gasteiger partial charge in [-0.15, -0.1) is 0 Å². The van der Waals surface area contributed by atoms with Gasteiger partial charge < -0.3 is 10.2 Å². The van der Waals surface area contributed by atoms with Crippen LogP contribution in [0.1, 0.15) is 25.1 Å². The molecule has 1 N–H and O–H groups in total. The van der Waals surface area contributed by atoms with Crippen LogP contribution >= 0.6 is 0 Å². The van der Waals surface area contributed by atoms with Crippen molar-refractivity contribution in [3.8, 4) is 0 Å². The number of pyridine rings is 1. The summed E-state index contributed by atoms with van der Waals surface area (Å²) in [7, 11) is 3.46. The van der Waals surface area contributed by atoms with Gasteiger partial charge in [0.15, 0.2) is 0 Å². The molecule has 0 aliphatic carbocycles. The molecular formula is C12H18F3N3. The minimum Gasteiger partial charge on any atom is -0.373 e. The highest BCUT2D eigenvalue weighted by Gasteiger charge is 2.27. The van der Waals surface area contributed by atoms with Crippen LogP contribution in [0.4, 0.5) is 18.9 Å². The van der Waals surface area contributed by atoms with Crippen molar-refractivity contribution in [1.29, 1.82) is 0 Å². The lowest BCUT2D eigenvalue weighted by molar-refractivity contribution is -0.132. The maximum atomic E-state index is 12.1. The van der Waals surface area contributed by atoms with Gasteiger partial charge in [-0.3, -0.25) is 4.98 Å². The zero-order valence-corrected chi connectivity index (χ0v) is 10.8. The van der Waals surface area contributed by atoms with Crippen LogP contribution in [0.15, 0.2) is 18.3 Å². The Kier molecular flexibility index (Phi) is 4.95. The number of hydrogen-bond donors (Lipinski definition) is 1. The minimum atomic E-state index is -4.12. The first-order chi connectivity index (χ1) is 8.33. The van der Waals surface area contributed by atoms with Crippen molar-refractivity contribution in [1.82, 2.24) is 10.3 Å². The van der Waals surface area contributed by atoms with Crippen LogP contribution < -0.4 is 10.2 Å². The molecule has 102 valence electrons. The first kappa shape index (κ1) is 14.8. The maximum absolute atomic E-state index is 12.1. The summed E-state index contributed by atoms with van der Waals surface area (Å²) in [6.45, 7) is 1.90. The molecule has 0 aliphatic rings. The van der Waals surface area contributed by atoms with Gasteiger partial charge in [0, 0.05) is 19.6 Å². The van der Waals surface area contributed by atoms with E-state index in [4.69, 9.17) is 0 Å². The molecule has 0 saturated heterocycles. The second-order valence-electron chi connectivity index (χ2n) is 4.24. The van der Waals surface area contributed by atoms with Gasteiger partial charge in [0.2, 0.25) is 0 Å². The van der Waals surface area contributed by atoms with Crippen LogP contribution in [-0.2, 0) is 0 Å². The van der Waals surface area contributed by atoms with Gasteiger partial charge in [0.05, 0.1) is 24.0 Å². The fraction of sp³-hybridized carbons (Fsp3) is 0.583. The van der Waals surface area contributed by atoms with E-state index in [1.54, 1.807) is 24.2 Å². The Labute approximate surface area is 105 Å². The Morgan fingerprint density at radius 1 is 1.39 bits per heavy atom. The average molecular weight is 261 g/mol. The van der Waals surface area contributed by atoms with E-state index in [0.717, 1.165) is 5.69 Å². The van der Waals surface area contributed by atoms with E-state index in [9.17, 15) is 13.2 Å². The molecule has 1 atom stereocenters. The second-order valence-corrected chi connectivity index (χ2v) is 4.24. The van der Waals surface area contributed by atoms with Crippen molar-refractivity contribution in [2.45, 2.75) is 25.6 Å². The van der Waals surface area contributed by atoms with Crippen molar-refractivity contribution in [3.63, 3.8) is 0 Å². The van der Waals surface area contributed by atoms with Crippen LogP contribution in [0.3, 0.4) is 0 Å². The number of nitrogens with zero attached hydrogens (tertiary/aromatic N) is 2. The average Bonchev–Trinajstić information content (AvgIpc) is 2.34. The zero-order chi connectivity index (χ0) is 13.8. The van der Waals surface area contributed by atoms with Crippen LogP contribution in [0.2, 0.25) is 0 Å². The van der Waals surface area contributed by atoms with Gasteiger partial charge in [0.25, 0.3) is 0 Å². The van der Waals surface area contributed by atoms with Crippen molar-refractivity contribution in [2.24, 2.45) is 0 Å². The van der Waals surface area contributed by atoms with E-state index in [0.29, 0.717) is 5.69 Å². The largest absolute Gasteiger partial charge is 0.390 e. The Morgan fingerprint density at radius 2 is 2.06 bits per heavy atom. The molecule has 0 aliphatic heterocycles. The van der Waals surface area contributed by atoms with Crippen LogP contribution in [0.5, 0.6) is 0 Å². The third kappa shape index (κ3) is 4.52. The third-order valence-electron chi connectivity index (χ3n) is 2.82. The smallest absolute Gasteiger partial charge is 0.373 e. The second kappa shape index (κ2) is 6.04. The monoisotopic (exact) mass is 261 g/mol. The molecule has 3 nitrogen and oxygen atoms in total. The molecule has 1 rings (SSSR count). The Hall–Kier alpha value is -1.30. The van der Waals surface area contributed by atoms with Crippen molar-refractivity contribution < 1.29 is 13.2 Å². The number of aromatic nitrogens is 1. The van der Waals surface area contributed by atoms with Crippen LogP contribution in [0.25, 0.3) is 0 Å². The molecule has 0 radical (unpaired) electrons. The molecule has 6 heteroatoms.